The fraction of sp³-hybridized carbons (Fsp3) is 0.571. The standard InChI is InChI=1S/C14H21N3O2/c1-2-16-14(18)13-8-12(5-7-17-13)19-10-11-4-3-6-15-9-11/h5,7-8,11,15H,2-4,6,9-10H2,1H3,(H,16,18). The minimum absolute atomic E-state index is 0.160. The molecule has 1 saturated heterocycles. The van der Waals surface area contributed by atoms with E-state index in [4.69, 9.17) is 4.74 Å². The summed E-state index contributed by atoms with van der Waals surface area (Å²) in [5.74, 6) is 1.10. The molecule has 1 atom stereocenters. The van der Waals surface area contributed by atoms with Crippen LogP contribution < -0.4 is 15.4 Å². The lowest BCUT2D eigenvalue weighted by Crippen LogP contribution is -2.33. The van der Waals surface area contributed by atoms with E-state index >= 15 is 0 Å². The summed E-state index contributed by atoms with van der Waals surface area (Å²) in [5, 5.41) is 6.09. The molecule has 0 bridgehead atoms. The number of nitrogens with one attached hydrogen (secondary N) is 2. The van der Waals surface area contributed by atoms with Crippen LogP contribution in [0.2, 0.25) is 0 Å². The molecule has 0 spiro atoms. The number of hydrogen-bond acceptors (Lipinski definition) is 4. The molecule has 1 aromatic rings. The molecule has 19 heavy (non-hydrogen) atoms. The van der Waals surface area contributed by atoms with Crippen LogP contribution in [0.4, 0.5) is 0 Å². The Balaban J connectivity index is 1.89. The molecule has 1 aliphatic rings. The van der Waals surface area contributed by atoms with Crippen LogP contribution >= 0.6 is 0 Å². The fourth-order valence-electron chi connectivity index (χ4n) is 2.16. The van der Waals surface area contributed by atoms with Gasteiger partial charge in [-0.2, -0.15) is 0 Å². The van der Waals surface area contributed by atoms with Gasteiger partial charge in [-0.05, 0) is 32.4 Å². The van der Waals surface area contributed by atoms with Crippen molar-refractivity contribution in [2.45, 2.75) is 19.8 Å². The van der Waals surface area contributed by atoms with E-state index in [0.717, 1.165) is 13.1 Å². The predicted octanol–water partition coefficient (Wildman–Crippen LogP) is 1.21. The maximum atomic E-state index is 11.7. The Morgan fingerprint density at radius 3 is 3.26 bits per heavy atom. The quantitative estimate of drug-likeness (QED) is 0.838. The monoisotopic (exact) mass is 263 g/mol. The molecule has 1 aliphatic heterocycles. The Hall–Kier alpha value is -1.62. The van der Waals surface area contributed by atoms with E-state index in [1.165, 1.54) is 12.8 Å². The molecule has 1 amide bonds. The second kappa shape index (κ2) is 7.09. The van der Waals surface area contributed by atoms with Crippen LogP contribution in [0.1, 0.15) is 30.3 Å². The third-order valence-corrected chi connectivity index (χ3v) is 3.19. The van der Waals surface area contributed by atoms with E-state index < -0.39 is 0 Å². The van der Waals surface area contributed by atoms with Crippen molar-refractivity contribution in [2.75, 3.05) is 26.2 Å². The second-order valence-corrected chi connectivity index (χ2v) is 4.76. The van der Waals surface area contributed by atoms with Gasteiger partial charge in [-0.25, -0.2) is 0 Å². The molecule has 0 aliphatic carbocycles. The summed E-state index contributed by atoms with van der Waals surface area (Å²) in [6.45, 7) is 5.28. The molecule has 104 valence electrons. The largest absolute Gasteiger partial charge is 0.493 e. The van der Waals surface area contributed by atoms with E-state index in [1.807, 2.05) is 6.92 Å². The first-order chi connectivity index (χ1) is 9.29. The fourth-order valence-corrected chi connectivity index (χ4v) is 2.16. The van der Waals surface area contributed by atoms with Crippen LogP contribution in [0.25, 0.3) is 0 Å². The van der Waals surface area contributed by atoms with Crippen molar-refractivity contribution in [2.24, 2.45) is 5.92 Å². The molecule has 5 heteroatoms. The van der Waals surface area contributed by atoms with Crippen LogP contribution in [-0.4, -0.2) is 37.1 Å². The van der Waals surface area contributed by atoms with Crippen molar-refractivity contribution in [3.63, 3.8) is 0 Å². The van der Waals surface area contributed by atoms with Gasteiger partial charge in [0.2, 0.25) is 0 Å². The maximum absolute atomic E-state index is 11.7. The molecule has 2 N–H and O–H groups in total. The molecule has 1 unspecified atom stereocenters. The van der Waals surface area contributed by atoms with Crippen molar-refractivity contribution in [1.29, 1.82) is 0 Å². The number of piperidine rings is 1. The summed E-state index contributed by atoms with van der Waals surface area (Å²) in [6, 6.07) is 3.49. The summed E-state index contributed by atoms with van der Waals surface area (Å²) < 4.78 is 5.75. The van der Waals surface area contributed by atoms with Gasteiger partial charge in [-0.1, -0.05) is 0 Å². The molecule has 5 nitrogen and oxygen atoms in total. The predicted molar refractivity (Wildman–Crippen MR) is 73.3 cm³/mol. The molecule has 2 rings (SSSR count). The molecule has 1 fully saturated rings. The topological polar surface area (TPSA) is 63.2 Å². The Kier molecular flexibility index (Phi) is 5.15. The zero-order valence-corrected chi connectivity index (χ0v) is 11.3. The number of nitrogens with zero attached hydrogens (tertiary/aromatic N) is 1. The lowest BCUT2D eigenvalue weighted by Gasteiger charge is -2.22. The summed E-state index contributed by atoms with van der Waals surface area (Å²) in [5.41, 5.74) is 0.404. The zero-order valence-electron chi connectivity index (χ0n) is 11.3. The van der Waals surface area contributed by atoms with Crippen LogP contribution in [0.5, 0.6) is 5.75 Å². The molecule has 1 aromatic heterocycles. The van der Waals surface area contributed by atoms with Crippen molar-refractivity contribution in [3.05, 3.63) is 24.0 Å². The van der Waals surface area contributed by atoms with Crippen LogP contribution in [0.15, 0.2) is 18.3 Å². The minimum atomic E-state index is -0.160. The van der Waals surface area contributed by atoms with Gasteiger partial charge in [0, 0.05) is 31.3 Å². The van der Waals surface area contributed by atoms with Gasteiger partial charge >= 0.3 is 0 Å². The molecular formula is C14H21N3O2. The van der Waals surface area contributed by atoms with Crippen molar-refractivity contribution in [3.8, 4) is 5.75 Å². The average Bonchev–Trinajstić information content (AvgIpc) is 2.47. The van der Waals surface area contributed by atoms with E-state index in [1.54, 1.807) is 18.3 Å². The number of amides is 1. The van der Waals surface area contributed by atoms with Gasteiger partial charge in [-0.15, -0.1) is 0 Å². The highest BCUT2D eigenvalue weighted by Crippen LogP contribution is 2.15. The maximum Gasteiger partial charge on any atom is 0.270 e. The summed E-state index contributed by atoms with van der Waals surface area (Å²) in [4.78, 5) is 15.7. The van der Waals surface area contributed by atoms with E-state index in [-0.39, 0.29) is 5.91 Å². The first-order valence-corrected chi connectivity index (χ1v) is 6.87. The number of carbonyl (C=O) groups excluding carboxylic acids is 1. The minimum Gasteiger partial charge on any atom is -0.493 e. The van der Waals surface area contributed by atoms with Crippen LogP contribution in [0.3, 0.4) is 0 Å². The number of aromatic nitrogens is 1. The first-order valence-electron chi connectivity index (χ1n) is 6.87. The Morgan fingerprint density at radius 1 is 1.63 bits per heavy atom. The highest BCUT2D eigenvalue weighted by Gasteiger charge is 2.14. The van der Waals surface area contributed by atoms with Gasteiger partial charge in [-0.3, -0.25) is 9.78 Å². The van der Waals surface area contributed by atoms with Crippen molar-refractivity contribution in [1.82, 2.24) is 15.6 Å². The van der Waals surface area contributed by atoms with Gasteiger partial charge in [0.15, 0.2) is 0 Å². The number of ether oxygens (including phenoxy) is 1. The molecule has 0 saturated carbocycles. The SMILES string of the molecule is CCNC(=O)c1cc(OCC2CCCNC2)ccn1. The normalized spacial score (nSPS) is 18.9. The van der Waals surface area contributed by atoms with Crippen molar-refractivity contribution < 1.29 is 9.53 Å². The molecule has 2 heterocycles. The Labute approximate surface area is 113 Å². The van der Waals surface area contributed by atoms with Gasteiger partial charge in [0.05, 0.1) is 6.61 Å². The van der Waals surface area contributed by atoms with Crippen LogP contribution in [0, 0.1) is 5.92 Å². The third-order valence-electron chi connectivity index (χ3n) is 3.19. The summed E-state index contributed by atoms with van der Waals surface area (Å²) >= 11 is 0. The third kappa shape index (κ3) is 4.21. The highest BCUT2D eigenvalue weighted by molar-refractivity contribution is 5.92. The average molecular weight is 263 g/mol. The first kappa shape index (κ1) is 13.8. The second-order valence-electron chi connectivity index (χ2n) is 4.76. The van der Waals surface area contributed by atoms with Gasteiger partial charge in [0.1, 0.15) is 11.4 Å². The smallest absolute Gasteiger partial charge is 0.270 e. The Morgan fingerprint density at radius 2 is 2.53 bits per heavy atom. The van der Waals surface area contributed by atoms with Gasteiger partial charge in [0.25, 0.3) is 5.91 Å². The van der Waals surface area contributed by atoms with E-state index in [0.29, 0.717) is 30.5 Å². The number of pyridine rings is 1. The number of rotatable bonds is 5. The number of hydrogen-bond donors (Lipinski definition) is 2. The van der Waals surface area contributed by atoms with Crippen LogP contribution in [-0.2, 0) is 0 Å². The summed E-state index contributed by atoms with van der Waals surface area (Å²) in [7, 11) is 0. The highest BCUT2D eigenvalue weighted by atomic mass is 16.5. The van der Waals surface area contributed by atoms with Gasteiger partial charge < -0.3 is 15.4 Å². The van der Waals surface area contributed by atoms with E-state index in [2.05, 4.69) is 15.6 Å². The zero-order chi connectivity index (χ0) is 13.5. The molecule has 0 radical (unpaired) electrons. The summed E-state index contributed by atoms with van der Waals surface area (Å²) in [6.07, 6.45) is 4.01. The van der Waals surface area contributed by atoms with Crippen molar-refractivity contribution >= 4 is 5.91 Å². The lowest BCUT2D eigenvalue weighted by molar-refractivity contribution is 0.0950. The lowest BCUT2D eigenvalue weighted by atomic mass is 10.0. The molecular weight excluding hydrogens is 242 g/mol. The molecule has 0 aromatic carbocycles. The Bertz CT molecular complexity index is 417. The van der Waals surface area contributed by atoms with E-state index in [9.17, 15) is 4.79 Å². The number of carbonyl (C=O) groups is 1.